The molecule has 0 saturated carbocycles. The molecular formula is C15H22F2N2S. The molecule has 1 aliphatic heterocycles. The minimum absolute atomic E-state index is 0.128. The summed E-state index contributed by atoms with van der Waals surface area (Å²) in [6.07, 6.45) is 0.925. The second-order valence-electron chi connectivity index (χ2n) is 5.78. The molecular weight excluding hydrogens is 278 g/mol. The number of benzene rings is 1. The molecule has 0 amide bonds. The van der Waals surface area contributed by atoms with E-state index in [9.17, 15) is 8.78 Å². The van der Waals surface area contributed by atoms with Crippen LogP contribution in [0, 0.1) is 11.6 Å². The average molecular weight is 300 g/mol. The molecule has 1 N–H and O–H groups in total. The third-order valence-electron chi connectivity index (χ3n) is 3.61. The molecule has 20 heavy (non-hydrogen) atoms. The van der Waals surface area contributed by atoms with Crippen molar-refractivity contribution >= 4 is 17.4 Å². The van der Waals surface area contributed by atoms with E-state index in [1.54, 1.807) is 7.05 Å². The predicted octanol–water partition coefficient (Wildman–Crippen LogP) is 3.41. The van der Waals surface area contributed by atoms with Gasteiger partial charge in [-0.1, -0.05) is 13.8 Å². The van der Waals surface area contributed by atoms with Crippen LogP contribution in [0.2, 0.25) is 0 Å². The van der Waals surface area contributed by atoms with Crippen LogP contribution in [0.3, 0.4) is 0 Å². The molecule has 2 nitrogen and oxygen atoms in total. The molecule has 1 aromatic carbocycles. The molecule has 0 bridgehead atoms. The van der Waals surface area contributed by atoms with Crippen molar-refractivity contribution in [3.05, 3.63) is 29.3 Å². The van der Waals surface area contributed by atoms with Crippen LogP contribution in [-0.2, 0) is 6.54 Å². The van der Waals surface area contributed by atoms with E-state index in [1.165, 1.54) is 12.1 Å². The number of rotatable bonds is 3. The first kappa shape index (κ1) is 15.6. The normalized spacial score (nSPS) is 18.9. The number of nitrogens with one attached hydrogen (secondary N) is 1. The summed E-state index contributed by atoms with van der Waals surface area (Å²) in [7, 11) is 1.76. The van der Waals surface area contributed by atoms with Gasteiger partial charge in [0.25, 0.3) is 0 Å². The first-order valence-corrected chi connectivity index (χ1v) is 7.93. The summed E-state index contributed by atoms with van der Waals surface area (Å²) in [6, 6.07) is 2.86. The first-order valence-electron chi connectivity index (χ1n) is 6.94. The standard InChI is InChI=1S/C15H22F2N2S/c1-15(2)4-5-19(6-7-20-15)14-12(16)8-11(10-18-3)9-13(14)17/h8-9,18H,4-7,10H2,1-3H3. The van der Waals surface area contributed by atoms with Crippen LogP contribution in [0.25, 0.3) is 0 Å². The van der Waals surface area contributed by atoms with E-state index in [4.69, 9.17) is 0 Å². The highest BCUT2D eigenvalue weighted by Gasteiger charge is 2.26. The predicted molar refractivity (Wildman–Crippen MR) is 82.5 cm³/mol. The summed E-state index contributed by atoms with van der Waals surface area (Å²) in [5.41, 5.74) is 0.763. The van der Waals surface area contributed by atoms with Gasteiger partial charge < -0.3 is 10.2 Å². The highest BCUT2D eigenvalue weighted by atomic mass is 32.2. The molecule has 0 aromatic heterocycles. The molecule has 1 fully saturated rings. The Morgan fingerprint density at radius 1 is 1.25 bits per heavy atom. The van der Waals surface area contributed by atoms with Crippen molar-refractivity contribution in [3.63, 3.8) is 0 Å². The Balaban J connectivity index is 2.24. The summed E-state index contributed by atoms with van der Waals surface area (Å²) in [6.45, 7) is 6.22. The molecule has 1 saturated heterocycles. The highest BCUT2D eigenvalue weighted by Crippen LogP contribution is 2.34. The van der Waals surface area contributed by atoms with E-state index in [0.717, 1.165) is 12.2 Å². The largest absolute Gasteiger partial charge is 0.366 e. The minimum atomic E-state index is -0.458. The molecule has 112 valence electrons. The third kappa shape index (κ3) is 3.64. The minimum Gasteiger partial charge on any atom is -0.366 e. The Labute approximate surface area is 123 Å². The van der Waals surface area contributed by atoms with Gasteiger partial charge >= 0.3 is 0 Å². The SMILES string of the molecule is CNCc1cc(F)c(N2CCSC(C)(C)CC2)c(F)c1. The number of halogens is 2. The lowest BCUT2D eigenvalue weighted by Crippen LogP contribution is -2.29. The van der Waals surface area contributed by atoms with Gasteiger partial charge in [-0.05, 0) is 31.2 Å². The van der Waals surface area contributed by atoms with Gasteiger partial charge in [0.2, 0.25) is 0 Å². The van der Waals surface area contributed by atoms with Gasteiger partial charge in [0.15, 0.2) is 0 Å². The summed E-state index contributed by atoms with van der Waals surface area (Å²) in [4.78, 5) is 1.84. The lowest BCUT2D eigenvalue weighted by Gasteiger charge is -2.25. The molecule has 5 heteroatoms. The number of nitrogens with zero attached hydrogens (tertiary/aromatic N) is 1. The van der Waals surface area contributed by atoms with Crippen molar-refractivity contribution < 1.29 is 8.78 Å². The molecule has 0 unspecified atom stereocenters. The van der Waals surface area contributed by atoms with Crippen LogP contribution < -0.4 is 10.2 Å². The second kappa shape index (κ2) is 6.31. The van der Waals surface area contributed by atoms with Gasteiger partial charge in [0, 0.05) is 30.1 Å². The fourth-order valence-electron chi connectivity index (χ4n) is 2.47. The monoisotopic (exact) mass is 300 g/mol. The Morgan fingerprint density at radius 2 is 1.90 bits per heavy atom. The molecule has 1 aromatic rings. The van der Waals surface area contributed by atoms with Crippen LogP contribution in [0.4, 0.5) is 14.5 Å². The van der Waals surface area contributed by atoms with E-state index in [1.807, 2.05) is 16.7 Å². The number of anilines is 1. The Morgan fingerprint density at radius 3 is 2.50 bits per heavy atom. The molecule has 1 heterocycles. The smallest absolute Gasteiger partial charge is 0.149 e. The molecule has 0 atom stereocenters. The van der Waals surface area contributed by atoms with E-state index in [0.29, 0.717) is 25.2 Å². The topological polar surface area (TPSA) is 15.3 Å². The lowest BCUT2D eigenvalue weighted by atomic mass is 10.1. The zero-order chi connectivity index (χ0) is 14.8. The molecule has 1 aliphatic rings. The second-order valence-corrected chi connectivity index (χ2v) is 7.59. The van der Waals surface area contributed by atoms with Crippen molar-refractivity contribution in [2.45, 2.75) is 31.6 Å². The van der Waals surface area contributed by atoms with Crippen LogP contribution in [0.15, 0.2) is 12.1 Å². The van der Waals surface area contributed by atoms with Crippen molar-refractivity contribution in [2.24, 2.45) is 0 Å². The maximum Gasteiger partial charge on any atom is 0.149 e. The molecule has 0 radical (unpaired) electrons. The summed E-state index contributed by atoms with van der Waals surface area (Å²) >= 11 is 1.87. The Hall–Kier alpha value is -0.810. The van der Waals surface area contributed by atoms with Crippen LogP contribution in [-0.4, -0.2) is 30.6 Å². The molecule has 0 spiro atoms. The maximum absolute atomic E-state index is 14.2. The van der Waals surface area contributed by atoms with Crippen molar-refractivity contribution in [2.75, 3.05) is 30.8 Å². The van der Waals surface area contributed by atoms with Crippen molar-refractivity contribution in [3.8, 4) is 0 Å². The summed E-state index contributed by atoms with van der Waals surface area (Å²) in [5, 5.41) is 2.91. The van der Waals surface area contributed by atoms with Crippen LogP contribution in [0.5, 0.6) is 0 Å². The van der Waals surface area contributed by atoms with E-state index >= 15 is 0 Å². The molecule has 0 aliphatic carbocycles. The van der Waals surface area contributed by atoms with Crippen LogP contribution >= 0.6 is 11.8 Å². The number of hydrogen-bond donors (Lipinski definition) is 1. The van der Waals surface area contributed by atoms with E-state index in [-0.39, 0.29) is 10.4 Å². The van der Waals surface area contributed by atoms with E-state index in [2.05, 4.69) is 19.2 Å². The quantitative estimate of drug-likeness (QED) is 0.921. The fourth-order valence-corrected chi connectivity index (χ4v) is 3.57. The lowest BCUT2D eigenvalue weighted by molar-refractivity contribution is 0.559. The van der Waals surface area contributed by atoms with Gasteiger partial charge in [-0.25, -0.2) is 8.78 Å². The van der Waals surface area contributed by atoms with Gasteiger partial charge in [-0.15, -0.1) is 0 Å². The third-order valence-corrected chi connectivity index (χ3v) is 4.98. The maximum atomic E-state index is 14.2. The zero-order valence-corrected chi connectivity index (χ0v) is 13.1. The van der Waals surface area contributed by atoms with Crippen molar-refractivity contribution in [1.82, 2.24) is 5.32 Å². The molecule has 2 rings (SSSR count). The summed E-state index contributed by atoms with van der Waals surface area (Å²) in [5.74, 6) is -0.0237. The van der Waals surface area contributed by atoms with Gasteiger partial charge in [-0.2, -0.15) is 11.8 Å². The Bertz CT molecular complexity index is 454. The average Bonchev–Trinajstić information content (AvgIpc) is 2.51. The van der Waals surface area contributed by atoms with Gasteiger partial charge in [0.1, 0.15) is 17.3 Å². The van der Waals surface area contributed by atoms with Gasteiger partial charge in [0.05, 0.1) is 0 Å². The zero-order valence-electron chi connectivity index (χ0n) is 12.3. The fraction of sp³-hybridized carbons (Fsp3) is 0.600. The summed E-state index contributed by atoms with van der Waals surface area (Å²) < 4.78 is 28.6. The van der Waals surface area contributed by atoms with Gasteiger partial charge in [-0.3, -0.25) is 0 Å². The number of hydrogen-bond acceptors (Lipinski definition) is 3. The first-order chi connectivity index (χ1) is 9.43. The number of thioether (sulfide) groups is 1. The van der Waals surface area contributed by atoms with Crippen LogP contribution in [0.1, 0.15) is 25.8 Å². The van der Waals surface area contributed by atoms with Crippen molar-refractivity contribution in [1.29, 1.82) is 0 Å². The highest BCUT2D eigenvalue weighted by molar-refractivity contribution is 8.00. The Kier molecular flexibility index (Phi) is 4.91. The van der Waals surface area contributed by atoms with E-state index < -0.39 is 11.6 Å².